The maximum Gasteiger partial charge on any atom is 0.330 e. The smallest absolute Gasteiger partial charge is 0.330 e. The molecule has 25 heavy (non-hydrogen) atoms. The quantitative estimate of drug-likeness (QED) is 0.793. The summed E-state index contributed by atoms with van der Waals surface area (Å²) in [5.74, 6) is 0.685. The molecule has 1 aromatic rings. The van der Waals surface area contributed by atoms with Gasteiger partial charge in [0.1, 0.15) is 6.04 Å². The second-order valence-electron chi connectivity index (χ2n) is 7.12. The number of carbonyl (C=O) groups excluding carboxylic acids is 2. The van der Waals surface area contributed by atoms with Gasteiger partial charge in [-0.05, 0) is 45.2 Å². The summed E-state index contributed by atoms with van der Waals surface area (Å²) in [5, 5.41) is 2.90. The van der Waals surface area contributed by atoms with Gasteiger partial charge in [-0.3, -0.25) is 4.90 Å². The minimum Gasteiger partial charge on any atom is -0.461 e. The average Bonchev–Trinajstić information content (AvgIpc) is 2.92. The Morgan fingerprint density at radius 1 is 1.24 bits per heavy atom. The van der Waals surface area contributed by atoms with Gasteiger partial charge in [-0.15, -0.1) is 11.8 Å². The molecular formula is C19H28N2O3S. The maximum absolute atomic E-state index is 12.9. The van der Waals surface area contributed by atoms with Crippen molar-refractivity contribution in [3.63, 3.8) is 0 Å². The number of nitrogens with zero attached hydrogens (tertiary/aromatic N) is 1. The first-order valence-corrected chi connectivity index (χ1v) is 9.81. The van der Waals surface area contributed by atoms with E-state index in [1.807, 2.05) is 45.0 Å². The van der Waals surface area contributed by atoms with E-state index in [4.69, 9.17) is 4.74 Å². The highest BCUT2D eigenvalue weighted by molar-refractivity contribution is 8.00. The number of urea groups is 1. The molecule has 0 spiro atoms. The maximum atomic E-state index is 12.9. The van der Waals surface area contributed by atoms with Crippen LogP contribution < -0.4 is 5.32 Å². The SMILES string of the molecule is Cc1ccc(NC(=O)N2[C@@H](C(=O)OC(C)C)CS[C@@H]2CC(C)C)cc1. The molecule has 1 aromatic carbocycles. The molecule has 0 aromatic heterocycles. The predicted molar refractivity (Wildman–Crippen MR) is 103 cm³/mol. The standard InChI is InChI=1S/C19H28N2O3S/c1-12(2)10-17-21(16(11-25-17)18(22)24-13(3)4)19(23)20-15-8-6-14(5)7-9-15/h6-9,12-13,16-17H,10-11H2,1-5H3,(H,20,23)/t16-,17-/m1/s1. The fourth-order valence-corrected chi connectivity index (χ4v) is 4.36. The third-order valence-electron chi connectivity index (χ3n) is 3.93. The van der Waals surface area contributed by atoms with Gasteiger partial charge >= 0.3 is 12.0 Å². The van der Waals surface area contributed by atoms with Gasteiger partial charge < -0.3 is 10.1 Å². The largest absolute Gasteiger partial charge is 0.461 e. The number of ether oxygens (including phenoxy) is 1. The summed E-state index contributed by atoms with van der Waals surface area (Å²) < 4.78 is 5.36. The van der Waals surface area contributed by atoms with E-state index in [2.05, 4.69) is 19.2 Å². The minimum atomic E-state index is -0.540. The van der Waals surface area contributed by atoms with Crippen LogP contribution >= 0.6 is 11.8 Å². The van der Waals surface area contributed by atoms with Crippen molar-refractivity contribution in [1.82, 2.24) is 4.90 Å². The number of carbonyl (C=O) groups is 2. The summed E-state index contributed by atoms with van der Waals surface area (Å²) in [7, 11) is 0. The van der Waals surface area contributed by atoms with Crippen LogP contribution in [-0.2, 0) is 9.53 Å². The summed E-state index contributed by atoms with van der Waals surface area (Å²) in [6.07, 6.45) is 0.654. The predicted octanol–water partition coefficient (Wildman–Crippen LogP) is 4.27. The van der Waals surface area contributed by atoms with E-state index in [1.54, 1.807) is 16.7 Å². The molecule has 1 saturated heterocycles. The zero-order chi connectivity index (χ0) is 18.6. The number of hydrogen-bond acceptors (Lipinski definition) is 4. The minimum absolute atomic E-state index is 0.0184. The molecule has 2 atom stereocenters. The molecule has 1 N–H and O–H groups in total. The van der Waals surface area contributed by atoms with Crippen molar-refractivity contribution in [1.29, 1.82) is 0 Å². The summed E-state index contributed by atoms with van der Waals surface area (Å²) >= 11 is 1.65. The van der Waals surface area contributed by atoms with Crippen LogP contribution in [0.4, 0.5) is 10.5 Å². The topological polar surface area (TPSA) is 58.6 Å². The highest BCUT2D eigenvalue weighted by Crippen LogP contribution is 2.34. The number of benzene rings is 1. The number of hydrogen-bond donors (Lipinski definition) is 1. The van der Waals surface area contributed by atoms with Crippen LogP contribution in [0.5, 0.6) is 0 Å². The third-order valence-corrected chi connectivity index (χ3v) is 5.24. The number of nitrogens with one attached hydrogen (secondary N) is 1. The monoisotopic (exact) mass is 364 g/mol. The second-order valence-corrected chi connectivity index (χ2v) is 8.33. The Morgan fingerprint density at radius 2 is 1.88 bits per heavy atom. The van der Waals surface area contributed by atoms with Crippen LogP contribution in [0.1, 0.15) is 39.7 Å². The lowest BCUT2D eigenvalue weighted by Crippen LogP contribution is -2.48. The molecule has 2 amide bonds. The molecule has 0 radical (unpaired) electrons. The Bertz CT molecular complexity index is 601. The highest BCUT2D eigenvalue weighted by Gasteiger charge is 2.42. The Labute approximate surface area is 154 Å². The first-order valence-electron chi connectivity index (χ1n) is 8.76. The molecule has 0 aliphatic carbocycles. The Balaban J connectivity index is 2.16. The lowest BCUT2D eigenvalue weighted by molar-refractivity contribution is -0.151. The summed E-state index contributed by atoms with van der Waals surface area (Å²) in [5.41, 5.74) is 1.86. The number of aryl methyl sites for hydroxylation is 1. The molecule has 1 aliphatic heterocycles. The van der Waals surface area contributed by atoms with Gasteiger partial charge in [-0.2, -0.15) is 0 Å². The molecule has 2 rings (SSSR count). The van der Waals surface area contributed by atoms with Gasteiger partial charge in [-0.1, -0.05) is 31.5 Å². The zero-order valence-electron chi connectivity index (χ0n) is 15.6. The summed E-state index contributed by atoms with van der Waals surface area (Å²) in [6, 6.07) is 6.85. The van der Waals surface area contributed by atoms with Crippen molar-refractivity contribution >= 4 is 29.4 Å². The van der Waals surface area contributed by atoms with Gasteiger partial charge in [0.2, 0.25) is 0 Å². The van der Waals surface area contributed by atoms with Crippen molar-refractivity contribution < 1.29 is 14.3 Å². The van der Waals surface area contributed by atoms with Crippen LogP contribution in [0.2, 0.25) is 0 Å². The number of esters is 1. The van der Waals surface area contributed by atoms with Crippen molar-refractivity contribution in [2.45, 2.75) is 58.6 Å². The summed E-state index contributed by atoms with van der Waals surface area (Å²) in [6.45, 7) is 9.89. The van der Waals surface area contributed by atoms with E-state index in [9.17, 15) is 9.59 Å². The van der Waals surface area contributed by atoms with Crippen LogP contribution in [-0.4, -0.2) is 40.2 Å². The normalized spacial score (nSPS) is 20.2. The van der Waals surface area contributed by atoms with Gasteiger partial charge in [-0.25, -0.2) is 9.59 Å². The van der Waals surface area contributed by atoms with Crippen LogP contribution in [0, 0.1) is 12.8 Å². The molecule has 0 bridgehead atoms. The third kappa shape index (κ3) is 5.39. The molecule has 1 aliphatic rings. The van der Waals surface area contributed by atoms with Crippen molar-refractivity contribution in [2.75, 3.05) is 11.1 Å². The lowest BCUT2D eigenvalue weighted by Gasteiger charge is -2.29. The molecule has 138 valence electrons. The fraction of sp³-hybridized carbons (Fsp3) is 0.579. The highest BCUT2D eigenvalue weighted by atomic mass is 32.2. The fourth-order valence-electron chi connectivity index (χ4n) is 2.74. The van der Waals surface area contributed by atoms with Crippen molar-refractivity contribution in [3.8, 4) is 0 Å². The number of thioether (sulfide) groups is 1. The van der Waals surface area contributed by atoms with E-state index in [0.29, 0.717) is 11.7 Å². The van der Waals surface area contributed by atoms with Gasteiger partial charge in [0, 0.05) is 11.4 Å². The van der Waals surface area contributed by atoms with Crippen molar-refractivity contribution in [3.05, 3.63) is 29.8 Å². The van der Waals surface area contributed by atoms with E-state index < -0.39 is 6.04 Å². The Kier molecular flexibility index (Phi) is 6.76. The number of anilines is 1. The molecule has 1 fully saturated rings. The molecule has 6 heteroatoms. The van der Waals surface area contributed by atoms with E-state index in [1.165, 1.54) is 0 Å². The van der Waals surface area contributed by atoms with Crippen LogP contribution in [0.3, 0.4) is 0 Å². The first kappa shape index (κ1) is 19.6. The van der Waals surface area contributed by atoms with E-state index in [0.717, 1.165) is 17.7 Å². The van der Waals surface area contributed by atoms with E-state index >= 15 is 0 Å². The molecular weight excluding hydrogens is 336 g/mol. The van der Waals surface area contributed by atoms with Gasteiger partial charge in [0.15, 0.2) is 0 Å². The Morgan fingerprint density at radius 3 is 2.44 bits per heavy atom. The van der Waals surface area contributed by atoms with Crippen molar-refractivity contribution in [2.24, 2.45) is 5.92 Å². The molecule has 5 nitrogen and oxygen atoms in total. The Hall–Kier alpha value is -1.69. The summed E-state index contributed by atoms with van der Waals surface area (Å²) in [4.78, 5) is 27.0. The van der Waals surface area contributed by atoms with Crippen LogP contribution in [0.15, 0.2) is 24.3 Å². The first-order chi connectivity index (χ1) is 11.8. The molecule has 0 saturated carbocycles. The number of amides is 2. The zero-order valence-corrected chi connectivity index (χ0v) is 16.4. The number of rotatable bonds is 5. The van der Waals surface area contributed by atoms with E-state index in [-0.39, 0.29) is 23.5 Å². The van der Waals surface area contributed by atoms with Gasteiger partial charge in [0.05, 0.1) is 11.5 Å². The lowest BCUT2D eigenvalue weighted by atomic mass is 10.1. The van der Waals surface area contributed by atoms with Crippen LogP contribution in [0.25, 0.3) is 0 Å². The second kappa shape index (κ2) is 8.61. The average molecular weight is 365 g/mol. The molecule has 1 heterocycles. The molecule has 0 unspecified atom stereocenters. The van der Waals surface area contributed by atoms with Gasteiger partial charge in [0.25, 0.3) is 0 Å².